The molecule has 0 aliphatic carbocycles. The molecular formula is C26H20N8S2. The van der Waals surface area contributed by atoms with Crippen LogP contribution in [0, 0.1) is 6.92 Å². The number of guanidine groups is 1. The molecule has 3 N–H and O–H groups in total. The van der Waals surface area contributed by atoms with E-state index in [4.69, 9.17) is 25.8 Å². The van der Waals surface area contributed by atoms with Gasteiger partial charge in [-0.15, -0.1) is 11.3 Å². The second kappa shape index (κ2) is 8.21. The van der Waals surface area contributed by atoms with Gasteiger partial charge in [0.1, 0.15) is 5.03 Å². The molecule has 6 aromatic rings. The number of hydrogen-bond acceptors (Lipinski definition) is 8. The lowest BCUT2D eigenvalue weighted by molar-refractivity contribution is 0.609. The van der Waals surface area contributed by atoms with E-state index in [-0.39, 0.29) is 0 Å². The predicted molar refractivity (Wildman–Crippen MR) is 145 cm³/mol. The van der Waals surface area contributed by atoms with E-state index in [9.17, 15) is 0 Å². The number of rotatable bonds is 4. The van der Waals surface area contributed by atoms with Crippen LogP contribution in [0.4, 0.5) is 5.95 Å². The maximum atomic E-state index is 6.26. The highest BCUT2D eigenvalue weighted by Gasteiger charge is 2.32. The first-order chi connectivity index (χ1) is 17.7. The Morgan fingerprint density at radius 1 is 0.917 bits per heavy atom. The van der Waals surface area contributed by atoms with Crippen molar-refractivity contribution in [2.75, 3.05) is 5.32 Å². The molecule has 3 aromatic heterocycles. The van der Waals surface area contributed by atoms with Crippen LogP contribution in [0.2, 0.25) is 0 Å². The number of aromatic nitrogens is 5. The lowest BCUT2D eigenvalue weighted by Crippen LogP contribution is -2.31. The van der Waals surface area contributed by atoms with E-state index in [0.29, 0.717) is 11.9 Å². The molecule has 0 saturated carbocycles. The number of aliphatic imine (C=N–C) groups is 1. The quantitative estimate of drug-likeness (QED) is 0.323. The van der Waals surface area contributed by atoms with Crippen LogP contribution < -0.4 is 11.1 Å². The van der Waals surface area contributed by atoms with Gasteiger partial charge in [0, 0.05) is 0 Å². The number of thiazole rings is 1. The van der Waals surface area contributed by atoms with Crippen LogP contribution in [0.5, 0.6) is 0 Å². The lowest BCUT2D eigenvalue weighted by Gasteiger charge is -2.24. The van der Waals surface area contributed by atoms with E-state index < -0.39 is 6.17 Å². The molecule has 10 heteroatoms. The topological polar surface area (TPSA) is 98.9 Å². The molecule has 1 aliphatic rings. The lowest BCUT2D eigenvalue weighted by atomic mass is 10.2. The van der Waals surface area contributed by atoms with Crippen LogP contribution >= 0.6 is 23.1 Å². The third-order valence-corrected chi connectivity index (χ3v) is 8.30. The number of aryl methyl sites for hydroxylation is 1. The Morgan fingerprint density at radius 3 is 2.50 bits per heavy atom. The van der Waals surface area contributed by atoms with Crippen LogP contribution in [-0.4, -0.2) is 30.3 Å². The van der Waals surface area contributed by atoms with Gasteiger partial charge in [-0.3, -0.25) is 9.88 Å². The van der Waals surface area contributed by atoms with Gasteiger partial charge >= 0.3 is 0 Å². The Morgan fingerprint density at radius 2 is 1.67 bits per heavy atom. The molecule has 176 valence electrons. The van der Waals surface area contributed by atoms with Gasteiger partial charge < -0.3 is 5.73 Å². The Kier molecular flexibility index (Phi) is 4.83. The van der Waals surface area contributed by atoms with Gasteiger partial charge in [-0.2, -0.15) is 5.10 Å². The highest BCUT2D eigenvalue weighted by molar-refractivity contribution is 8.01. The van der Waals surface area contributed by atoms with E-state index >= 15 is 0 Å². The zero-order valence-electron chi connectivity index (χ0n) is 19.2. The fourth-order valence-corrected chi connectivity index (χ4v) is 6.82. The molecule has 4 heterocycles. The number of imidazole rings is 1. The summed E-state index contributed by atoms with van der Waals surface area (Å²) in [7, 11) is 0. The number of nitrogens with two attached hydrogens (primary N) is 1. The minimum atomic E-state index is -0.428. The number of nitrogens with zero attached hydrogens (tertiary/aromatic N) is 6. The van der Waals surface area contributed by atoms with Gasteiger partial charge in [-0.25, -0.2) is 19.6 Å². The maximum absolute atomic E-state index is 6.26. The summed E-state index contributed by atoms with van der Waals surface area (Å²) in [4.78, 5) is 14.5. The van der Waals surface area contributed by atoms with Crippen molar-refractivity contribution in [2.45, 2.75) is 22.5 Å². The van der Waals surface area contributed by atoms with E-state index in [1.807, 2.05) is 66.2 Å². The van der Waals surface area contributed by atoms with E-state index in [0.717, 1.165) is 47.6 Å². The fraction of sp³-hybridized carbons (Fsp3) is 0.0769. The molecule has 7 rings (SSSR count). The van der Waals surface area contributed by atoms with Crippen molar-refractivity contribution in [1.82, 2.24) is 24.3 Å². The van der Waals surface area contributed by atoms with Crippen molar-refractivity contribution in [3.05, 3.63) is 90.1 Å². The van der Waals surface area contributed by atoms with Crippen LogP contribution in [-0.2, 0) is 0 Å². The Bertz CT molecular complexity index is 1750. The third-order valence-electron chi connectivity index (χ3n) is 6.12. The molecular weight excluding hydrogens is 488 g/mol. The Hall–Kier alpha value is -4.15. The Labute approximate surface area is 214 Å². The first-order valence-corrected chi connectivity index (χ1v) is 13.0. The maximum Gasteiger partial charge on any atom is 0.212 e. The molecule has 8 nitrogen and oxygen atoms in total. The van der Waals surface area contributed by atoms with Crippen molar-refractivity contribution in [2.24, 2.45) is 10.7 Å². The average Bonchev–Trinajstić information content (AvgIpc) is 3.56. The van der Waals surface area contributed by atoms with Crippen molar-refractivity contribution in [3.8, 4) is 5.69 Å². The summed E-state index contributed by atoms with van der Waals surface area (Å²) in [5, 5.41) is 9.06. The first-order valence-electron chi connectivity index (χ1n) is 11.4. The number of fused-ring (bicyclic) bond motifs is 4. The molecule has 0 unspecified atom stereocenters. The first kappa shape index (κ1) is 21.2. The monoisotopic (exact) mass is 508 g/mol. The average molecular weight is 509 g/mol. The summed E-state index contributed by atoms with van der Waals surface area (Å²) in [6.45, 7) is 2.02. The largest absolute Gasteiger partial charge is 0.370 e. The van der Waals surface area contributed by atoms with E-state index in [2.05, 4.69) is 34.1 Å². The number of para-hydroxylation sites is 4. The molecule has 3 aromatic carbocycles. The van der Waals surface area contributed by atoms with Crippen LogP contribution in [0.25, 0.3) is 26.9 Å². The molecule has 36 heavy (non-hydrogen) atoms. The summed E-state index contributed by atoms with van der Waals surface area (Å²) >= 11 is 3.27. The Balaban J connectivity index is 1.46. The molecule has 0 amide bonds. The van der Waals surface area contributed by atoms with Gasteiger partial charge in [0.25, 0.3) is 0 Å². The minimum absolute atomic E-state index is 0.325. The molecule has 0 fully saturated rings. The molecule has 0 spiro atoms. The summed E-state index contributed by atoms with van der Waals surface area (Å²) in [6.07, 6.45) is -0.428. The second-order valence-electron chi connectivity index (χ2n) is 8.41. The van der Waals surface area contributed by atoms with E-state index in [1.54, 1.807) is 23.1 Å². The van der Waals surface area contributed by atoms with Gasteiger partial charge in [0.2, 0.25) is 5.95 Å². The van der Waals surface area contributed by atoms with Crippen molar-refractivity contribution in [1.29, 1.82) is 0 Å². The number of benzene rings is 3. The third kappa shape index (κ3) is 3.37. The highest BCUT2D eigenvalue weighted by atomic mass is 32.2. The second-order valence-corrected chi connectivity index (χ2v) is 10.7. The molecule has 0 radical (unpaired) electrons. The van der Waals surface area contributed by atoms with Gasteiger partial charge in [-0.1, -0.05) is 42.5 Å². The van der Waals surface area contributed by atoms with E-state index in [1.165, 1.54) is 0 Å². The minimum Gasteiger partial charge on any atom is -0.370 e. The van der Waals surface area contributed by atoms with Crippen LogP contribution in [0.3, 0.4) is 0 Å². The predicted octanol–water partition coefficient (Wildman–Crippen LogP) is 5.58. The SMILES string of the molecule is Cc1nn(-c2ccccc2)c(Sc2nc3ccccc3s2)c1[C@@H]1N=C(N)Nc2nc3ccccc3n21. The molecule has 0 bridgehead atoms. The number of hydrogen-bond donors (Lipinski definition) is 2. The summed E-state index contributed by atoms with van der Waals surface area (Å²) in [5.74, 6) is 0.988. The van der Waals surface area contributed by atoms with Crippen LogP contribution in [0.15, 0.2) is 93.2 Å². The van der Waals surface area contributed by atoms with Gasteiger partial charge in [0.15, 0.2) is 16.5 Å². The van der Waals surface area contributed by atoms with Gasteiger partial charge in [0.05, 0.1) is 38.2 Å². The standard InChI is InChI=1S/C26H20N8S2/c1-15-21(22-30-24(27)31-25-28-17-11-5-7-13-19(17)33(22)25)23(34(32-15)16-9-3-2-4-10-16)36-26-29-18-12-6-8-14-20(18)35-26/h2-14,22H,1H3,(H3,27,28,30,31)/t22-/m1/s1. The van der Waals surface area contributed by atoms with Crippen molar-refractivity contribution >= 4 is 56.3 Å². The fourth-order valence-electron chi connectivity index (χ4n) is 4.55. The van der Waals surface area contributed by atoms with Crippen molar-refractivity contribution in [3.63, 3.8) is 0 Å². The molecule has 1 aliphatic heterocycles. The van der Waals surface area contributed by atoms with Crippen LogP contribution in [0.1, 0.15) is 17.4 Å². The number of nitrogens with one attached hydrogen (secondary N) is 1. The zero-order chi connectivity index (χ0) is 24.2. The summed E-state index contributed by atoms with van der Waals surface area (Å²) < 4.78 is 6.16. The van der Waals surface area contributed by atoms with Gasteiger partial charge in [-0.05, 0) is 55.1 Å². The smallest absolute Gasteiger partial charge is 0.212 e. The summed E-state index contributed by atoms with van der Waals surface area (Å²) in [6, 6.07) is 26.4. The zero-order valence-corrected chi connectivity index (χ0v) is 20.8. The highest BCUT2D eigenvalue weighted by Crippen LogP contribution is 2.43. The normalized spacial score (nSPS) is 15.1. The molecule has 0 saturated heterocycles. The van der Waals surface area contributed by atoms with Crippen molar-refractivity contribution < 1.29 is 0 Å². The number of anilines is 1. The molecule has 1 atom stereocenters. The summed E-state index contributed by atoms with van der Waals surface area (Å²) in [5.41, 5.74) is 11.9.